The SMILES string of the molecule is O=C(O)NC(=O)c1ccc([O-])cc1. The van der Waals surface area contributed by atoms with E-state index >= 15 is 0 Å². The van der Waals surface area contributed by atoms with Gasteiger partial charge in [0.15, 0.2) is 0 Å². The summed E-state index contributed by atoms with van der Waals surface area (Å²) in [6.07, 6.45) is -1.42. The van der Waals surface area contributed by atoms with Crippen LogP contribution in [0.1, 0.15) is 10.4 Å². The fourth-order valence-corrected chi connectivity index (χ4v) is 0.776. The lowest BCUT2D eigenvalue weighted by atomic mass is 10.2. The Kier molecular flexibility index (Phi) is 2.49. The van der Waals surface area contributed by atoms with Crippen molar-refractivity contribution in [2.75, 3.05) is 0 Å². The first kappa shape index (κ1) is 9.05. The van der Waals surface area contributed by atoms with Crippen LogP contribution >= 0.6 is 0 Å². The lowest BCUT2D eigenvalue weighted by Crippen LogP contribution is -2.28. The van der Waals surface area contributed by atoms with Gasteiger partial charge in [-0.1, -0.05) is 24.3 Å². The Balaban J connectivity index is 2.78. The first-order valence-electron chi connectivity index (χ1n) is 3.41. The van der Waals surface area contributed by atoms with Crippen LogP contribution in [0.2, 0.25) is 0 Å². The highest BCUT2D eigenvalue weighted by atomic mass is 16.4. The van der Waals surface area contributed by atoms with Gasteiger partial charge in [-0.25, -0.2) is 4.79 Å². The van der Waals surface area contributed by atoms with Gasteiger partial charge >= 0.3 is 6.09 Å². The lowest BCUT2D eigenvalue weighted by Gasteiger charge is -2.04. The summed E-state index contributed by atoms with van der Waals surface area (Å²) in [6.45, 7) is 0. The summed E-state index contributed by atoms with van der Waals surface area (Å²) in [5, 5.41) is 20.5. The minimum absolute atomic E-state index is 0.141. The van der Waals surface area contributed by atoms with Crippen molar-refractivity contribution in [3.63, 3.8) is 0 Å². The van der Waals surface area contributed by atoms with Crippen LogP contribution < -0.4 is 10.4 Å². The van der Waals surface area contributed by atoms with Crippen LogP contribution in [0.4, 0.5) is 4.79 Å². The van der Waals surface area contributed by atoms with Crippen LogP contribution in [0.3, 0.4) is 0 Å². The van der Waals surface area contributed by atoms with Gasteiger partial charge < -0.3 is 10.2 Å². The van der Waals surface area contributed by atoms with E-state index in [4.69, 9.17) is 5.11 Å². The number of benzene rings is 1. The van der Waals surface area contributed by atoms with E-state index in [1.165, 1.54) is 24.3 Å². The maximum Gasteiger partial charge on any atom is 0.411 e. The fourth-order valence-electron chi connectivity index (χ4n) is 0.776. The Morgan fingerprint density at radius 1 is 1.23 bits per heavy atom. The maximum absolute atomic E-state index is 11.0. The van der Waals surface area contributed by atoms with E-state index in [2.05, 4.69) is 0 Å². The standard InChI is InChI=1S/C8H7NO4/c10-6-3-1-5(2-4-6)7(11)9-8(12)13/h1-4,10H,(H,9,11)(H,12,13)/p-1. The zero-order valence-electron chi connectivity index (χ0n) is 6.48. The molecule has 1 aromatic rings. The summed E-state index contributed by atoms with van der Waals surface area (Å²) < 4.78 is 0. The van der Waals surface area contributed by atoms with E-state index < -0.39 is 12.0 Å². The second-order valence-corrected chi connectivity index (χ2v) is 2.28. The third kappa shape index (κ3) is 2.48. The van der Waals surface area contributed by atoms with E-state index in [-0.39, 0.29) is 11.3 Å². The minimum atomic E-state index is -1.42. The number of imide groups is 1. The molecule has 0 atom stereocenters. The van der Waals surface area contributed by atoms with Crippen molar-refractivity contribution >= 4 is 12.0 Å². The van der Waals surface area contributed by atoms with E-state index in [1.54, 1.807) is 5.32 Å². The van der Waals surface area contributed by atoms with Crippen molar-refractivity contribution in [1.29, 1.82) is 0 Å². The number of hydrogen-bond donors (Lipinski definition) is 2. The molecule has 0 bridgehead atoms. The van der Waals surface area contributed by atoms with Gasteiger partial charge in [-0.15, -0.1) is 5.75 Å². The smallest absolute Gasteiger partial charge is 0.411 e. The quantitative estimate of drug-likeness (QED) is 0.644. The molecular weight excluding hydrogens is 174 g/mol. The predicted octanol–water partition coefficient (Wildman–Crippen LogP) is 0.168. The van der Waals surface area contributed by atoms with Crippen LogP contribution in [0.25, 0.3) is 0 Å². The Morgan fingerprint density at radius 3 is 2.23 bits per heavy atom. The van der Waals surface area contributed by atoms with Crippen LogP contribution in [0, 0.1) is 0 Å². The number of amides is 2. The highest BCUT2D eigenvalue weighted by Crippen LogP contribution is 2.06. The average Bonchev–Trinajstić information content (AvgIpc) is 2.04. The van der Waals surface area contributed by atoms with Gasteiger partial charge in [-0.3, -0.25) is 10.1 Å². The minimum Gasteiger partial charge on any atom is -0.872 e. The third-order valence-electron chi connectivity index (χ3n) is 1.34. The summed E-state index contributed by atoms with van der Waals surface area (Å²) in [4.78, 5) is 21.0. The number of carbonyl (C=O) groups is 2. The highest BCUT2D eigenvalue weighted by molar-refractivity contribution is 6.02. The van der Waals surface area contributed by atoms with E-state index in [9.17, 15) is 14.7 Å². The van der Waals surface area contributed by atoms with Crippen LogP contribution in [-0.2, 0) is 0 Å². The molecule has 0 fully saturated rings. The summed E-state index contributed by atoms with van der Waals surface area (Å²) in [5.74, 6) is -0.973. The zero-order chi connectivity index (χ0) is 9.84. The lowest BCUT2D eigenvalue weighted by molar-refractivity contribution is -0.268. The number of carbonyl (C=O) groups excluding carboxylic acids is 1. The highest BCUT2D eigenvalue weighted by Gasteiger charge is 2.06. The van der Waals surface area contributed by atoms with E-state index in [0.29, 0.717) is 0 Å². The molecule has 1 rings (SSSR count). The van der Waals surface area contributed by atoms with Crippen LogP contribution in [0.15, 0.2) is 24.3 Å². The van der Waals surface area contributed by atoms with E-state index in [0.717, 1.165) is 0 Å². The molecule has 13 heavy (non-hydrogen) atoms. The summed E-state index contributed by atoms with van der Waals surface area (Å²) in [6, 6.07) is 4.91. The maximum atomic E-state index is 11.0. The predicted molar refractivity (Wildman–Crippen MR) is 41.4 cm³/mol. The summed E-state index contributed by atoms with van der Waals surface area (Å²) in [5.41, 5.74) is 0.141. The molecular formula is C8H6NO4-. The normalized spacial score (nSPS) is 9.23. The number of rotatable bonds is 1. The Morgan fingerprint density at radius 2 is 1.77 bits per heavy atom. The van der Waals surface area contributed by atoms with Gasteiger partial charge in [0, 0.05) is 5.56 Å². The third-order valence-corrected chi connectivity index (χ3v) is 1.34. The van der Waals surface area contributed by atoms with Gasteiger partial charge in [0.05, 0.1) is 0 Å². The topological polar surface area (TPSA) is 89.5 Å². The molecule has 0 aliphatic heterocycles. The second kappa shape index (κ2) is 3.57. The van der Waals surface area contributed by atoms with Gasteiger partial charge in [-0.05, 0) is 0 Å². The molecule has 0 radical (unpaired) electrons. The molecule has 0 aromatic heterocycles. The van der Waals surface area contributed by atoms with Crippen molar-refractivity contribution in [2.24, 2.45) is 0 Å². The largest absolute Gasteiger partial charge is 0.872 e. The second-order valence-electron chi connectivity index (χ2n) is 2.28. The molecule has 0 unspecified atom stereocenters. The molecule has 0 saturated carbocycles. The van der Waals surface area contributed by atoms with Crippen LogP contribution in [-0.4, -0.2) is 17.1 Å². The molecule has 0 spiro atoms. The molecule has 0 aliphatic rings. The van der Waals surface area contributed by atoms with Crippen molar-refractivity contribution in [1.82, 2.24) is 5.32 Å². The molecule has 5 heteroatoms. The average molecular weight is 180 g/mol. The summed E-state index contributed by atoms with van der Waals surface area (Å²) >= 11 is 0. The molecule has 2 N–H and O–H groups in total. The molecule has 1 aromatic carbocycles. The Bertz CT molecular complexity index is 331. The van der Waals surface area contributed by atoms with Gasteiger partial charge in [0.1, 0.15) is 0 Å². The molecule has 0 saturated heterocycles. The number of hydrogen-bond acceptors (Lipinski definition) is 3. The molecule has 68 valence electrons. The van der Waals surface area contributed by atoms with E-state index in [1.807, 2.05) is 0 Å². The van der Waals surface area contributed by atoms with Crippen molar-refractivity contribution in [2.45, 2.75) is 0 Å². The van der Waals surface area contributed by atoms with Crippen molar-refractivity contribution in [3.05, 3.63) is 29.8 Å². The van der Waals surface area contributed by atoms with Crippen molar-refractivity contribution < 1.29 is 19.8 Å². The Hall–Kier alpha value is -2.04. The fraction of sp³-hybridized carbons (Fsp3) is 0. The zero-order valence-corrected chi connectivity index (χ0v) is 6.48. The number of carboxylic acid groups (broad SMARTS) is 1. The van der Waals surface area contributed by atoms with Gasteiger partial charge in [-0.2, -0.15) is 0 Å². The first-order chi connectivity index (χ1) is 6.09. The van der Waals surface area contributed by atoms with Crippen molar-refractivity contribution in [3.8, 4) is 5.75 Å². The monoisotopic (exact) mass is 180 g/mol. The molecule has 2 amide bonds. The van der Waals surface area contributed by atoms with Gasteiger partial charge in [0.25, 0.3) is 5.91 Å². The number of nitrogens with one attached hydrogen (secondary N) is 1. The molecule has 0 heterocycles. The molecule has 0 aliphatic carbocycles. The van der Waals surface area contributed by atoms with Crippen LogP contribution in [0.5, 0.6) is 5.75 Å². The molecule has 5 nitrogen and oxygen atoms in total. The first-order valence-corrected chi connectivity index (χ1v) is 3.41. The Labute approximate surface area is 73.6 Å². The van der Waals surface area contributed by atoms with Gasteiger partial charge in [0.2, 0.25) is 0 Å². The summed E-state index contributed by atoms with van der Waals surface area (Å²) in [7, 11) is 0.